The summed E-state index contributed by atoms with van der Waals surface area (Å²) in [6.07, 6.45) is 1.94. The van der Waals surface area contributed by atoms with Crippen LogP contribution in [0.2, 0.25) is 0 Å². The van der Waals surface area contributed by atoms with E-state index in [1.54, 1.807) is 0 Å². The maximum Gasteiger partial charge on any atom is 0.147 e. The van der Waals surface area contributed by atoms with Gasteiger partial charge in [0.15, 0.2) is 0 Å². The average Bonchev–Trinajstić information content (AvgIpc) is 1.99. The zero-order valence-electron chi connectivity index (χ0n) is 10.8. The fourth-order valence-electron chi connectivity index (χ4n) is 1.30. The SMILES string of the molecule is CC(C)C(C)NC(C)(C)CCS(C)(=O)=O. The molecule has 15 heavy (non-hydrogen) atoms. The van der Waals surface area contributed by atoms with Crippen molar-refractivity contribution < 1.29 is 8.42 Å². The lowest BCUT2D eigenvalue weighted by Crippen LogP contribution is -2.47. The number of sulfone groups is 1. The minimum absolute atomic E-state index is 0.118. The average molecular weight is 235 g/mol. The molecule has 0 aromatic carbocycles. The number of hydrogen-bond acceptors (Lipinski definition) is 3. The summed E-state index contributed by atoms with van der Waals surface area (Å²) in [6.45, 7) is 10.6. The summed E-state index contributed by atoms with van der Waals surface area (Å²) in [4.78, 5) is 0. The predicted octanol–water partition coefficient (Wildman–Crippen LogP) is 1.83. The van der Waals surface area contributed by atoms with Crippen molar-refractivity contribution in [3.63, 3.8) is 0 Å². The van der Waals surface area contributed by atoms with Crippen LogP contribution in [0.5, 0.6) is 0 Å². The van der Waals surface area contributed by atoms with Crippen LogP contribution in [0, 0.1) is 5.92 Å². The molecule has 0 rings (SSSR count). The van der Waals surface area contributed by atoms with Gasteiger partial charge in [-0.15, -0.1) is 0 Å². The highest BCUT2D eigenvalue weighted by Crippen LogP contribution is 2.13. The Hall–Kier alpha value is -0.0900. The van der Waals surface area contributed by atoms with Gasteiger partial charge in [0.25, 0.3) is 0 Å². The summed E-state index contributed by atoms with van der Waals surface area (Å²) in [5, 5.41) is 3.46. The molecule has 4 heteroatoms. The molecule has 0 saturated heterocycles. The van der Waals surface area contributed by atoms with E-state index >= 15 is 0 Å². The van der Waals surface area contributed by atoms with Gasteiger partial charge in [-0.2, -0.15) is 0 Å². The van der Waals surface area contributed by atoms with Gasteiger partial charge in [-0.1, -0.05) is 13.8 Å². The van der Waals surface area contributed by atoms with Crippen LogP contribution < -0.4 is 5.32 Å². The van der Waals surface area contributed by atoms with Crippen LogP contribution in [0.3, 0.4) is 0 Å². The van der Waals surface area contributed by atoms with Gasteiger partial charge in [-0.3, -0.25) is 0 Å². The molecule has 1 unspecified atom stereocenters. The fraction of sp³-hybridized carbons (Fsp3) is 1.00. The number of nitrogens with one attached hydrogen (secondary N) is 1. The molecule has 0 aliphatic carbocycles. The lowest BCUT2D eigenvalue weighted by atomic mass is 9.97. The zero-order valence-corrected chi connectivity index (χ0v) is 11.6. The van der Waals surface area contributed by atoms with Gasteiger partial charge >= 0.3 is 0 Å². The third kappa shape index (κ3) is 7.79. The van der Waals surface area contributed by atoms with E-state index in [2.05, 4.69) is 39.9 Å². The maximum absolute atomic E-state index is 11.1. The minimum atomic E-state index is -2.85. The highest BCUT2D eigenvalue weighted by atomic mass is 32.2. The summed E-state index contributed by atoms with van der Waals surface area (Å²) >= 11 is 0. The molecule has 0 spiro atoms. The molecular formula is C11H25NO2S. The molecule has 0 aromatic heterocycles. The van der Waals surface area contributed by atoms with E-state index in [0.717, 1.165) is 0 Å². The van der Waals surface area contributed by atoms with Crippen molar-refractivity contribution >= 4 is 9.84 Å². The van der Waals surface area contributed by atoms with Crippen molar-refractivity contribution in [1.29, 1.82) is 0 Å². The van der Waals surface area contributed by atoms with E-state index < -0.39 is 9.84 Å². The highest BCUT2D eigenvalue weighted by molar-refractivity contribution is 7.90. The van der Waals surface area contributed by atoms with Crippen LogP contribution in [0.15, 0.2) is 0 Å². The Bertz CT molecular complexity index is 281. The lowest BCUT2D eigenvalue weighted by Gasteiger charge is -2.32. The molecule has 0 saturated carbocycles. The molecule has 0 fully saturated rings. The second kappa shape index (κ2) is 5.30. The monoisotopic (exact) mass is 235 g/mol. The molecule has 0 amide bonds. The Morgan fingerprint density at radius 2 is 1.67 bits per heavy atom. The number of hydrogen-bond donors (Lipinski definition) is 1. The molecule has 1 atom stereocenters. The summed E-state index contributed by atoms with van der Waals surface area (Å²) in [7, 11) is -2.85. The zero-order chi connectivity index (χ0) is 12.3. The van der Waals surface area contributed by atoms with Gasteiger partial charge < -0.3 is 5.32 Å². The Labute approximate surface area is 94.6 Å². The molecule has 0 bridgehead atoms. The van der Waals surface area contributed by atoms with Gasteiger partial charge in [0.1, 0.15) is 9.84 Å². The summed E-state index contributed by atoms with van der Waals surface area (Å²) in [5.74, 6) is 0.806. The van der Waals surface area contributed by atoms with Gasteiger partial charge in [0.05, 0.1) is 5.75 Å². The minimum Gasteiger partial charge on any atom is -0.309 e. The molecular weight excluding hydrogens is 210 g/mol. The first-order valence-corrected chi connectivity index (χ1v) is 7.55. The van der Waals surface area contributed by atoms with Crippen LogP contribution >= 0.6 is 0 Å². The Morgan fingerprint density at radius 3 is 2.00 bits per heavy atom. The van der Waals surface area contributed by atoms with E-state index in [-0.39, 0.29) is 11.3 Å². The summed E-state index contributed by atoms with van der Waals surface area (Å²) in [5.41, 5.74) is -0.118. The smallest absolute Gasteiger partial charge is 0.147 e. The van der Waals surface area contributed by atoms with Gasteiger partial charge in [0, 0.05) is 17.8 Å². The van der Waals surface area contributed by atoms with Crippen molar-refractivity contribution in [3.8, 4) is 0 Å². The fourth-order valence-corrected chi connectivity index (χ4v) is 2.18. The standard InChI is InChI=1S/C11H25NO2S/c1-9(2)10(3)12-11(4,5)7-8-15(6,13)14/h9-10,12H,7-8H2,1-6H3. The van der Waals surface area contributed by atoms with E-state index in [4.69, 9.17) is 0 Å². The summed E-state index contributed by atoms with van der Waals surface area (Å²) in [6, 6.07) is 0.402. The molecule has 0 aromatic rings. The molecule has 3 nitrogen and oxygen atoms in total. The van der Waals surface area contributed by atoms with Gasteiger partial charge in [-0.25, -0.2) is 8.42 Å². The van der Waals surface area contributed by atoms with Gasteiger partial charge in [-0.05, 0) is 33.1 Å². The van der Waals surface area contributed by atoms with Crippen LogP contribution in [0.4, 0.5) is 0 Å². The van der Waals surface area contributed by atoms with Crippen molar-refractivity contribution in [3.05, 3.63) is 0 Å². The quantitative estimate of drug-likeness (QED) is 0.764. The predicted molar refractivity (Wildman–Crippen MR) is 65.8 cm³/mol. The second-order valence-corrected chi connectivity index (χ2v) is 7.70. The molecule has 92 valence electrons. The van der Waals surface area contributed by atoms with E-state index in [0.29, 0.717) is 18.4 Å². The first kappa shape index (κ1) is 14.9. The normalized spacial score (nSPS) is 15.7. The maximum atomic E-state index is 11.1. The van der Waals surface area contributed by atoms with Crippen LogP contribution in [0.1, 0.15) is 41.0 Å². The van der Waals surface area contributed by atoms with E-state index in [1.807, 2.05) is 0 Å². The largest absolute Gasteiger partial charge is 0.309 e. The first-order chi connectivity index (χ1) is 6.53. The first-order valence-electron chi connectivity index (χ1n) is 5.49. The lowest BCUT2D eigenvalue weighted by molar-refractivity contribution is 0.293. The highest BCUT2D eigenvalue weighted by Gasteiger charge is 2.22. The third-order valence-corrected chi connectivity index (χ3v) is 3.66. The molecule has 0 aliphatic rings. The van der Waals surface area contributed by atoms with Crippen molar-refractivity contribution in [1.82, 2.24) is 5.32 Å². The molecule has 1 N–H and O–H groups in total. The third-order valence-electron chi connectivity index (χ3n) is 2.72. The van der Waals surface area contributed by atoms with Crippen LogP contribution in [0.25, 0.3) is 0 Å². The molecule has 0 heterocycles. The Kier molecular flexibility index (Phi) is 5.27. The van der Waals surface area contributed by atoms with Crippen LogP contribution in [-0.4, -0.2) is 32.0 Å². The van der Waals surface area contributed by atoms with Crippen LogP contribution in [-0.2, 0) is 9.84 Å². The molecule has 0 aliphatic heterocycles. The Balaban J connectivity index is 4.19. The second-order valence-electron chi connectivity index (χ2n) is 5.44. The van der Waals surface area contributed by atoms with Crippen molar-refractivity contribution in [2.45, 2.75) is 52.6 Å². The Morgan fingerprint density at radius 1 is 1.20 bits per heavy atom. The topological polar surface area (TPSA) is 46.2 Å². The van der Waals surface area contributed by atoms with E-state index in [9.17, 15) is 8.42 Å². The molecule has 0 radical (unpaired) electrons. The summed E-state index contributed by atoms with van der Waals surface area (Å²) < 4.78 is 22.1. The van der Waals surface area contributed by atoms with Gasteiger partial charge in [0.2, 0.25) is 0 Å². The van der Waals surface area contributed by atoms with E-state index in [1.165, 1.54) is 6.26 Å². The van der Waals surface area contributed by atoms with Crippen molar-refractivity contribution in [2.24, 2.45) is 5.92 Å². The number of rotatable bonds is 6. The van der Waals surface area contributed by atoms with Crippen molar-refractivity contribution in [2.75, 3.05) is 12.0 Å².